The van der Waals surface area contributed by atoms with Gasteiger partial charge in [-0.05, 0) is 12.0 Å². The monoisotopic (exact) mass is 291 g/mol. The zero-order valence-corrected chi connectivity index (χ0v) is 11.5. The molecule has 0 aromatic heterocycles. The first-order valence-corrected chi connectivity index (χ1v) is 6.69. The lowest BCUT2D eigenvalue weighted by atomic mass is 10.0. The molecule has 0 spiro atoms. The fourth-order valence-corrected chi connectivity index (χ4v) is 1.99. The first kappa shape index (κ1) is 14.9. The predicted molar refractivity (Wildman–Crippen MR) is 74.2 cm³/mol. The summed E-state index contributed by atoms with van der Waals surface area (Å²) in [6.45, 7) is 0.738. The topological polar surface area (TPSA) is 84.9 Å². The van der Waals surface area contributed by atoms with Gasteiger partial charge in [0.2, 0.25) is 5.76 Å². The average Bonchev–Trinajstić information content (AvgIpc) is 2.52. The molecule has 112 valence electrons. The van der Waals surface area contributed by atoms with Crippen molar-refractivity contribution in [2.75, 3.05) is 13.2 Å². The minimum Gasteiger partial charge on any atom is -0.494 e. The fourth-order valence-electron chi connectivity index (χ4n) is 1.99. The highest BCUT2D eigenvalue weighted by molar-refractivity contribution is 5.91. The van der Waals surface area contributed by atoms with Gasteiger partial charge in [-0.2, -0.15) is 0 Å². The Morgan fingerprint density at radius 1 is 1.24 bits per heavy atom. The van der Waals surface area contributed by atoms with E-state index < -0.39 is 11.9 Å². The second kappa shape index (κ2) is 7.33. The summed E-state index contributed by atoms with van der Waals surface area (Å²) in [5.74, 6) is -1.20. The third-order valence-corrected chi connectivity index (χ3v) is 3.03. The van der Waals surface area contributed by atoms with Crippen LogP contribution in [0.2, 0.25) is 0 Å². The molecule has 0 bridgehead atoms. The summed E-state index contributed by atoms with van der Waals surface area (Å²) in [5, 5.41) is 11.6. The van der Waals surface area contributed by atoms with Crippen LogP contribution in [0.3, 0.4) is 0 Å². The molecule has 2 N–H and O–H groups in total. The van der Waals surface area contributed by atoms with Crippen LogP contribution < -0.4 is 5.32 Å². The predicted octanol–water partition coefficient (Wildman–Crippen LogP) is 1.60. The Kier molecular flexibility index (Phi) is 5.20. The summed E-state index contributed by atoms with van der Waals surface area (Å²) in [7, 11) is 0. The number of amides is 1. The molecule has 1 aromatic carbocycles. The maximum Gasteiger partial charge on any atom is 0.303 e. The number of nitrogens with one attached hydrogen (secondary N) is 1. The van der Waals surface area contributed by atoms with E-state index in [1.807, 2.05) is 30.3 Å². The second-order valence-electron chi connectivity index (χ2n) is 4.57. The molecular formula is C15H17NO5. The van der Waals surface area contributed by atoms with Crippen LogP contribution in [0.4, 0.5) is 0 Å². The lowest BCUT2D eigenvalue weighted by Gasteiger charge is -2.21. The number of carboxylic acids is 1. The van der Waals surface area contributed by atoms with Gasteiger partial charge in [0.25, 0.3) is 5.91 Å². The molecule has 6 nitrogen and oxygen atoms in total. The summed E-state index contributed by atoms with van der Waals surface area (Å²) >= 11 is 0. The van der Waals surface area contributed by atoms with Crippen LogP contribution in [-0.4, -0.2) is 30.2 Å². The first-order valence-electron chi connectivity index (χ1n) is 6.69. The van der Waals surface area contributed by atoms with Crippen LogP contribution in [0, 0.1) is 0 Å². The van der Waals surface area contributed by atoms with E-state index in [0.29, 0.717) is 19.6 Å². The highest BCUT2D eigenvalue weighted by atomic mass is 16.6. The van der Waals surface area contributed by atoms with Crippen molar-refractivity contribution in [3.05, 3.63) is 47.9 Å². The fraction of sp³-hybridized carbons (Fsp3) is 0.333. The van der Waals surface area contributed by atoms with Gasteiger partial charge in [-0.25, -0.2) is 0 Å². The minimum absolute atomic E-state index is 0.0315. The molecule has 0 saturated carbocycles. The summed E-state index contributed by atoms with van der Waals surface area (Å²) in [6.07, 6.45) is 1.55. The van der Waals surface area contributed by atoms with Gasteiger partial charge in [0, 0.05) is 6.42 Å². The molecule has 1 amide bonds. The highest BCUT2D eigenvalue weighted by Crippen LogP contribution is 2.19. The zero-order valence-electron chi connectivity index (χ0n) is 11.5. The molecule has 0 radical (unpaired) electrons. The van der Waals surface area contributed by atoms with Crippen LogP contribution in [0.15, 0.2) is 42.4 Å². The smallest absolute Gasteiger partial charge is 0.303 e. The molecule has 6 heteroatoms. The van der Waals surface area contributed by atoms with E-state index >= 15 is 0 Å². The number of benzene rings is 1. The van der Waals surface area contributed by atoms with Crippen molar-refractivity contribution < 1.29 is 24.2 Å². The van der Waals surface area contributed by atoms with Crippen molar-refractivity contribution in [2.24, 2.45) is 0 Å². The third kappa shape index (κ3) is 4.52. The summed E-state index contributed by atoms with van der Waals surface area (Å²) in [5.41, 5.74) is 0.851. The number of carbonyl (C=O) groups excluding carboxylic acids is 1. The van der Waals surface area contributed by atoms with E-state index in [0.717, 1.165) is 5.56 Å². The van der Waals surface area contributed by atoms with Crippen molar-refractivity contribution in [2.45, 2.75) is 18.9 Å². The lowest BCUT2D eigenvalue weighted by Crippen LogP contribution is -2.32. The minimum atomic E-state index is -0.901. The van der Waals surface area contributed by atoms with Crippen molar-refractivity contribution in [1.29, 1.82) is 0 Å². The Bertz CT molecular complexity index is 526. The normalized spacial score (nSPS) is 15.1. The number of carboxylic acid groups (broad SMARTS) is 1. The number of rotatable bonds is 6. The van der Waals surface area contributed by atoms with Gasteiger partial charge in [0.1, 0.15) is 19.5 Å². The van der Waals surface area contributed by atoms with E-state index in [1.54, 1.807) is 0 Å². The SMILES string of the molecule is O=C(O)CCC(NC(=O)C1=COCCO1)c1ccccc1. The molecule has 21 heavy (non-hydrogen) atoms. The number of hydrogen-bond donors (Lipinski definition) is 2. The van der Waals surface area contributed by atoms with E-state index in [2.05, 4.69) is 5.32 Å². The second-order valence-corrected chi connectivity index (χ2v) is 4.57. The van der Waals surface area contributed by atoms with E-state index in [4.69, 9.17) is 14.6 Å². The maximum absolute atomic E-state index is 12.1. The average molecular weight is 291 g/mol. The molecular weight excluding hydrogens is 274 g/mol. The Labute approximate surface area is 122 Å². The van der Waals surface area contributed by atoms with Gasteiger partial charge in [-0.15, -0.1) is 0 Å². The molecule has 1 aliphatic rings. The van der Waals surface area contributed by atoms with E-state index in [1.165, 1.54) is 6.26 Å². The van der Waals surface area contributed by atoms with Crippen LogP contribution >= 0.6 is 0 Å². The highest BCUT2D eigenvalue weighted by Gasteiger charge is 2.21. The number of aliphatic carboxylic acids is 1. The van der Waals surface area contributed by atoms with Gasteiger partial charge < -0.3 is 19.9 Å². The number of hydrogen-bond acceptors (Lipinski definition) is 4. The maximum atomic E-state index is 12.1. The number of carbonyl (C=O) groups is 2. The molecule has 1 aromatic rings. The van der Waals surface area contributed by atoms with Crippen LogP contribution in [0.1, 0.15) is 24.4 Å². The first-order chi connectivity index (χ1) is 10.2. The standard InChI is InChI=1S/C15H17NO5/c17-14(18)7-6-12(11-4-2-1-3-5-11)16-15(19)13-10-20-8-9-21-13/h1-5,10,12H,6-9H2,(H,16,19)(H,17,18). The van der Waals surface area contributed by atoms with E-state index in [-0.39, 0.29) is 18.2 Å². The number of ether oxygens (including phenoxy) is 2. The Morgan fingerprint density at radius 3 is 2.62 bits per heavy atom. The molecule has 1 heterocycles. The largest absolute Gasteiger partial charge is 0.494 e. The van der Waals surface area contributed by atoms with Gasteiger partial charge in [-0.1, -0.05) is 30.3 Å². The molecule has 2 rings (SSSR count). The van der Waals surface area contributed by atoms with Crippen LogP contribution in [-0.2, 0) is 19.1 Å². The molecule has 1 aliphatic heterocycles. The Morgan fingerprint density at radius 2 is 2.00 bits per heavy atom. The molecule has 0 saturated heterocycles. The van der Waals surface area contributed by atoms with Crippen LogP contribution in [0.5, 0.6) is 0 Å². The molecule has 1 atom stereocenters. The molecule has 1 unspecified atom stereocenters. The van der Waals surface area contributed by atoms with E-state index in [9.17, 15) is 9.59 Å². The third-order valence-electron chi connectivity index (χ3n) is 3.03. The van der Waals surface area contributed by atoms with Gasteiger partial charge >= 0.3 is 5.97 Å². The van der Waals surface area contributed by atoms with Crippen LogP contribution in [0.25, 0.3) is 0 Å². The molecule has 0 fully saturated rings. The van der Waals surface area contributed by atoms with Crippen molar-refractivity contribution in [1.82, 2.24) is 5.32 Å². The Hall–Kier alpha value is -2.50. The summed E-state index contributed by atoms with van der Waals surface area (Å²) in [6, 6.07) is 8.85. The summed E-state index contributed by atoms with van der Waals surface area (Å²) < 4.78 is 10.3. The lowest BCUT2D eigenvalue weighted by molar-refractivity contribution is -0.137. The van der Waals surface area contributed by atoms with Gasteiger partial charge in [0.05, 0.1) is 6.04 Å². The van der Waals surface area contributed by atoms with Gasteiger partial charge in [-0.3, -0.25) is 9.59 Å². The molecule has 0 aliphatic carbocycles. The van der Waals surface area contributed by atoms with Crippen molar-refractivity contribution >= 4 is 11.9 Å². The quantitative estimate of drug-likeness (QED) is 0.831. The summed E-state index contributed by atoms with van der Waals surface area (Å²) in [4.78, 5) is 22.8. The van der Waals surface area contributed by atoms with Crippen molar-refractivity contribution in [3.8, 4) is 0 Å². The van der Waals surface area contributed by atoms with Crippen molar-refractivity contribution in [3.63, 3.8) is 0 Å². The Balaban J connectivity index is 2.06. The zero-order chi connectivity index (χ0) is 15.1. The van der Waals surface area contributed by atoms with Gasteiger partial charge in [0.15, 0.2) is 0 Å².